The lowest BCUT2D eigenvalue weighted by molar-refractivity contribution is 0.0944. The van der Waals surface area contributed by atoms with Crippen LogP contribution in [0.15, 0.2) is 29.2 Å². The van der Waals surface area contributed by atoms with Gasteiger partial charge in [0.1, 0.15) is 0 Å². The monoisotopic (exact) mass is 296 g/mol. The average Bonchev–Trinajstić information content (AvgIpc) is 2.45. The quantitative estimate of drug-likeness (QED) is 0.862. The number of nitrogens with one attached hydrogen (secondary N) is 2. The first kappa shape index (κ1) is 15.0. The fraction of sp³-hybridized carbons (Fsp3) is 0.500. The second-order valence-electron chi connectivity index (χ2n) is 5.22. The highest BCUT2D eigenvalue weighted by molar-refractivity contribution is 7.90. The molecule has 0 radical (unpaired) electrons. The molecule has 5 nitrogen and oxygen atoms in total. The van der Waals surface area contributed by atoms with Crippen molar-refractivity contribution in [3.63, 3.8) is 0 Å². The third-order valence-electron chi connectivity index (χ3n) is 3.47. The predicted octanol–water partition coefficient (Wildman–Crippen LogP) is 0.820. The van der Waals surface area contributed by atoms with Crippen LogP contribution in [0.1, 0.15) is 23.2 Å². The molecule has 0 aliphatic carbocycles. The zero-order chi connectivity index (χ0) is 14.6. The first-order chi connectivity index (χ1) is 9.47. The van der Waals surface area contributed by atoms with E-state index < -0.39 is 9.84 Å². The minimum absolute atomic E-state index is 0.171. The summed E-state index contributed by atoms with van der Waals surface area (Å²) >= 11 is 0. The van der Waals surface area contributed by atoms with Gasteiger partial charge in [-0.25, -0.2) is 8.42 Å². The summed E-state index contributed by atoms with van der Waals surface area (Å²) in [6, 6.07) is 6.14. The van der Waals surface area contributed by atoms with Crippen LogP contribution in [-0.4, -0.2) is 40.2 Å². The number of amides is 1. The average molecular weight is 296 g/mol. The number of hydrogen-bond donors (Lipinski definition) is 2. The van der Waals surface area contributed by atoms with Crippen LogP contribution < -0.4 is 10.6 Å². The lowest BCUT2D eigenvalue weighted by Crippen LogP contribution is -2.38. The Balaban J connectivity index is 1.98. The SMILES string of the molecule is CS(=O)(=O)c1cccc(C(=O)NCC2CCCNC2)c1. The molecule has 1 heterocycles. The minimum Gasteiger partial charge on any atom is -0.352 e. The van der Waals surface area contributed by atoms with E-state index in [0.29, 0.717) is 18.0 Å². The molecule has 1 atom stereocenters. The fourth-order valence-electron chi connectivity index (χ4n) is 2.31. The molecule has 1 unspecified atom stereocenters. The molecule has 1 aliphatic heterocycles. The number of benzene rings is 1. The second kappa shape index (κ2) is 6.37. The van der Waals surface area contributed by atoms with Crippen molar-refractivity contribution < 1.29 is 13.2 Å². The molecular formula is C14H20N2O3S. The molecule has 1 saturated heterocycles. The maximum absolute atomic E-state index is 12.0. The summed E-state index contributed by atoms with van der Waals surface area (Å²) in [6.07, 6.45) is 3.37. The van der Waals surface area contributed by atoms with Crippen molar-refractivity contribution in [3.05, 3.63) is 29.8 Å². The molecule has 0 bridgehead atoms. The summed E-state index contributed by atoms with van der Waals surface area (Å²) in [6.45, 7) is 2.58. The van der Waals surface area contributed by atoms with E-state index in [9.17, 15) is 13.2 Å². The minimum atomic E-state index is -3.28. The van der Waals surface area contributed by atoms with E-state index in [-0.39, 0.29) is 10.8 Å². The molecular weight excluding hydrogens is 276 g/mol. The van der Waals surface area contributed by atoms with Crippen molar-refractivity contribution in [1.29, 1.82) is 0 Å². The van der Waals surface area contributed by atoms with Crippen molar-refractivity contribution in [2.75, 3.05) is 25.9 Å². The standard InChI is InChI=1S/C14H20N2O3S/c1-20(18,19)13-6-2-5-12(8-13)14(17)16-10-11-4-3-7-15-9-11/h2,5-6,8,11,15H,3-4,7,9-10H2,1H3,(H,16,17). The normalized spacial score (nSPS) is 19.6. The molecule has 1 fully saturated rings. The van der Waals surface area contributed by atoms with Gasteiger partial charge < -0.3 is 10.6 Å². The summed E-state index contributed by atoms with van der Waals surface area (Å²) in [5.41, 5.74) is 0.386. The van der Waals surface area contributed by atoms with Crippen molar-refractivity contribution in [1.82, 2.24) is 10.6 Å². The topological polar surface area (TPSA) is 75.3 Å². The first-order valence-electron chi connectivity index (χ1n) is 6.76. The van der Waals surface area contributed by atoms with Gasteiger partial charge in [0.25, 0.3) is 5.91 Å². The molecule has 20 heavy (non-hydrogen) atoms. The van der Waals surface area contributed by atoms with Gasteiger partial charge in [-0.1, -0.05) is 6.07 Å². The van der Waals surface area contributed by atoms with Crippen molar-refractivity contribution in [3.8, 4) is 0 Å². The Hall–Kier alpha value is -1.40. The lowest BCUT2D eigenvalue weighted by Gasteiger charge is -2.22. The van der Waals surface area contributed by atoms with E-state index in [1.165, 1.54) is 12.1 Å². The summed E-state index contributed by atoms with van der Waals surface area (Å²) in [4.78, 5) is 12.2. The Bertz CT molecular complexity index is 578. The van der Waals surface area contributed by atoms with Crippen molar-refractivity contribution >= 4 is 15.7 Å². The highest BCUT2D eigenvalue weighted by Gasteiger charge is 2.15. The summed E-state index contributed by atoms with van der Waals surface area (Å²) in [5.74, 6) is 0.229. The Morgan fingerprint density at radius 1 is 1.45 bits per heavy atom. The Morgan fingerprint density at radius 2 is 2.25 bits per heavy atom. The smallest absolute Gasteiger partial charge is 0.251 e. The van der Waals surface area contributed by atoms with Gasteiger partial charge in [-0.3, -0.25) is 4.79 Å². The van der Waals surface area contributed by atoms with E-state index in [0.717, 1.165) is 32.2 Å². The van der Waals surface area contributed by atoms with Gasteiger partial charge in [-0.05, 0) is 50.0 Å². The predicted molar refractivity (Wildman–Crippen MR) is 77.5 cm³/mol. The van der Waals surface area contributed by atoms with Crippen LogP contribution in [-0.2, 0) is 9.84 Å². The van der Waals surface area contributed by atoms with Gasteiger partial charge in [-0.2, -0.15) is 0 Å². The van der Waals surface area contributed by atoms with Gasteiger partial charge in [-0.15, -0.1) is 0 Å². The van der Waals surface area contributed by atoms with E-state index in [1.807, 2.05) is 0 Å². The number of sulfone groups is 1. The maximum Gasteiger partial charge on any atom is 0.251 e. The molecule has 1 aromatic rings. The molecule has 2 N–H and O–H groups in total. The molecule has 1 amide bonds. The van der Waals surface area contributed by atoms with Crippen LogP contribution in [0.2, 0.25) is 0 Å². The first-order valence-corrected chi connectivity index (χ1v) is 8.65. The zero-order valence-electron chi connectivity index (χ0n) is 11.6. The Morgan fingerprint density at radius 3 is 2.90 bits per heavy atom. The molecule has 0 spiro atoms. The Labute approximate surface area is 119 Å². The van der Waals surface area contributed by atoms with Gasteiger partial charge in [0.05, 0.1) is 4.90 Å². The van der Waals surface area contributed by atoms with Crippen LogP contribution in [0.3, 0.4) is 0 Å². The Kier molecular flexibility index (Phi) is 4.77. The van der Waals surface area contributed by atoms with E-state index >= 15 is 0 Å². The second-order valence-corrected chi connectivity index (χ2v) is 7.24. The molecule has 1 aromatic carbocycles. The van der Waals surface area contributed by atoms with Gasteiger partial charge in [0, 0.05) is 18.4 Å². The van der Waals surface area contributed by atoms with Crippen LogP contribution in [0.5, 0.6) is 0 Å². The highest BCUT2D eigenvalue weighted by Crippen LogP contribution is 2.12. The van der Waals surface area contributed by atoms with Crippen LogP contribution in [0, 0.1) is 5.92 Å². The zero-order valence-corrected chi connectivity index (χ0v) is 12.4. The fourth-order valence-corrected chi connectivity index (χ4v) is 2.97. The number of carbonyl (C=O) groups excluding carboxylic acids is 1. The molecule has 0 saturated carbocycles. The molecule has 1 aliphatic rings. The number of carbonyl (C=O) groups is 1. The number of hydrogen-bond acceptors (Lipinski definition) is 4. The van der Waals surface area contributed by atoms with E-state index in [4.69, 9.17) is 0 Å². The third-order valence-corrected chi connectivity index (χ3v) is 4.58. The summed E-state index contributed by atoms with van der Waals surface area (Å²) in [5, 5.41) is 6.17. The van der Waals surface area contributed by atoms with E-state index in [1.54, 1.807) is 12.1 Å². The van der Waals surface area contributed by atoms with Crippen LogP contribution >= 0.6 is 0 Å². The molecule has 110 valence electrons. The summed E-state index contributed by atoms with van der Waals surface area (Å²) < 4.78 is 22.9. The largest absolute Gasteiger partial charge is 0.352 e. The number of piperidine rings is 1. The van der Waals surface area contributed by atoms with Crippen molar-refractivity contribution in [2.24, 2.45) is 5.92 Å². The van der Waals surface area contributed by atoms with Gasteiger partial charge >= 0.3 is 0 Å². The van der Waals surface area contributed by atoms with Crippen LogP contribution in [0.25, 0.3) is 0 Å². The molecule has 6 heteroatoms. The third kappa shape index (κ3) is 4.05. The van der Waals surface area contributed by atoms with Gasteiger partial charge in [0.2, 0.25) is 0 Å². The summed E-state index contributed by atoms with van der Waals surface area (Å²) in [7, 11) is -3.28. The van der Waals surface area contributed by atoms with E-state index in [2.05, 4.69) is 10.6 Å². The maximum atomic E-state index is 12.0. The lowest BCUT2D eigenvalue weighted by atomic mass is 10.00. The number of rotatable bonds is 4. The van der Waals surface area contributed by atoms with Crippen LogP contribution in [0.4, 0.5) is 0 Å². The van der Waals surface area contributed by atoms with Gasteiger partial charge in [0.15, 0.2) is 9.84 Å². The van der Waals surface area contributed by atoms with Crippen molar-refractivity contribution in [2.45, 2.75) is 17.7 Å². The molecule has 0 aromatic heterocycles. The molecule has 2 rings (SSSR count). The highest BCUT2D eigenvalue weighted by atomic mass is 32.2.